The number of hydrogen-bond donors (Lipinski definition) is 2. The van der Waals surface area contributed by atoms with Crippen molar-refractivity contribution in [3.8, 4) is 0 Å². The molecule has 3 N–H and O–H groups in total. The van der Waals surface area contributed by atoms with Gasteiger partial charge < -0.3 is 10.8 Å². The van der Waals surface area contributed by atoms with Gasteiger partial charge in [-0.3, -0.25) is 4.68 Å². The Hall–Kier alpha value is -2.82. The molecule has 2 aromatic carbocycles. The Labute approximate surface area is 115 Å². The van der Waals surface area contributed by atoms with Crippen LogP contribution in [-0.4, -0.2) is 20.9 Å². The number of aromatic carboxylic acids is 1. The third kappa shape index (κ3) is 2.09. The molecule has 3 aromatic rings. The number of anilines is 1. The molecular formula is C15H13N3O2. The molecule has 0 amide bonds. The molecule has 5 nitrogen and oxygen atoms in total. The van der Waals surface area contributed by atoms with Gasteiger partial charge in [0.25, 0.3) is 0 Å². The first-order valence-corrected chi connectivity index (χ1v) is 6.18. The number of hydrogen-bond acceptors (Lipinski definition) is 3. The first kappa shape index (κ1) is 12.2. The Balaban J connectivity index is 2.01. The summed E-state index contributed by atoms with van der Waals surface area (Å²) in [7, 11) is 0. The van der Waals surface area contributed by atoms with E-state index >= 15 is 0 Å². The number of benzene rings is 2. The highest BCUT2D eigenvalue weighted by Gasteiger charge is 2.13. The lowest BCUT2D eigenvalue weighted by atomic mass is 10.0. The first-order valence-electron chi connectivity index (χ1n) is 6.18. The molecule has 20 heavy (non-hydrogen) atoms. The van der Waals surface area contributed by atoms with Gasteiger partial charge in [-0.15, -0.1) is 0 Å². The molecule has 0 saturated heterocycles. The van der Waals surface area contributed by atoms with Crippen LogP contribution >= 0.6 is 0 Å². The Morgan fingerprint density at radius 2 is 1.95 bits per heavy atom. The Kier molecular flexibility index (Phi) is 2.87. The molecule has 0 radical (unpaired) electrons. The lowest BCUT2D eigenvalue weighted by molar-refractivity contribution is 0.0698. The minimum absolute atomic E-state index is 0.0326. The summed E-state index contributed by atoms with van der Waals surface area (Å²) in [6, 6.07) is 14.1. The average Bonchev–Trinajstić information content (AvgIpc) is 2.80. The molecule has 0 bridgehead atoms. The predicted molar refractivity (Wildman–Crippen MR) is 76.6 cm³/mol. The predicted octanol–water partition coefficient (Wildman–Crippen LogP) is 2.36. The van der Waals surface area contributed by atoms with Gasteiger partial charge in [-0.2, -0.15) is 5.10 Å². The van der Waals surface area contributed by atoms with Crippen LogP contribution in [0.25, 0.3) is 10.8 Å². The quantitative estimate of drug-likeness (QED) is 0.763. The van der Waals surface area contributed by atoms with Gasteiger partial charge >= 0.3 is 5.97 Å². The van der Waals surface area contributed by atoms with Gasteiger partial charge in [-0.05, 0) is 16.3 Å². The number of aromatic nitrogens is 2. The zero-order valence-corrected chi connectivity index (χ0v) is 10.7. The third-order valence-corrected chi connectivity index (χ3v) is 3.23. The number of carboxylic acids is 1. The lowest BCUT2D eigenvalue weighted by Crippen LogP contribution is -2.01. The van der Waals surface area contributed by atoms with Gasteiger partial charge in [0, 0.05) is 6.20 Å². The molecule has 0 fully saturated rings. The maximum atomic E-state index is 11.0. The van der Waals surface area contributed by atoms with Gasteiger partial charge in [0.05, 0.1) is 6.54 Å². The highest BCUT2D eigenvalue weighted by Crippen LogP contribution is 2.20. The van der Waals surface area contributed by atoms with Crippen LogP contribution in [0.4, 0.5) is 5.82 Å². The molecule has 0 aliphatic rings. The zero-order valence-electron chi connectivity index (χ0n) is 10.7. The monoisotopic (exact) mass is 267 g/mol. The Morgan fingerprint density at radius 3 is 2.70 bits per heavy atom. The van der Waals surface area contributed by atoms with Gasteiger partial charge in [-0.1, -0.05) is 42.5 Å². The number of fused-ring (bicyclic) bond motifs is 1. The minimum atomic E-state index is -1.06. The normalized spacial score (nSPS) is 10.8. The zero-order chi connectivity index (χ0) is 14.1. The third-order valence-electron chi connectivity index (χ3n) is 3.23. The van der Waals surface area contributed by atoms with Crippen LogP contribution in [0.15, 0.2) is 48.7 Å². The molecule has 100 valence electrons. The molecule has 0 aliphatic heterocycles. The summed E-state index contributed by atoms with van der Waals surface area (Å²) in [6.07, 6.45) is 1.46. The van der Waals surface area contributed by atoms with E-state index in [9.17, 15) is 4.79 Å². The Morgan fingerprint density at radius 1 is 1.20 bits per heavy atom. The van der Waals surface area contributed by atoms with Crippen molar-refractivity contribution in [1.82, 2.24) is 9.78 Å². The van der Waals surface area contributed by atoms with E-state index in [1.165, 1.54) is 6.20 Å². The molecule has 5 heteroatoms. The van der Waals surface area contributed by atoms with Crippen molar-refractivity contribution >= 4 is 22.6 Å². The second-order valence-corrected chi connectivity index (χ2v) is 4.57. The number of nitrogen functional groups attached to an aromatic ring is 1. The largest absolute Gasteiger partial charge is 0.477 e. The smallest absolute Gasteiger partial charge is 0.341 e. The molecule has 0 unspecified atom stereocenters. The van der Waals surface area contributed by atoms with Gasteiger partial charge in [0.1, 0.15) is 5.56 Å². The van der Waals surface area contributed by atoms with Crippen LogP contribution in [0.1, 0.15) is 15.9 Å². The van der Waals surface area contributed by atoms with Crippen LogP contribution in [0.2, 0.25) is 0 Å². The first-order chi connectivity index (χ1) is 9.65. The summed E-state index contributed by atoms with van der Waals surface area (Å²) in [6.45, 7) is 0.485. The van der Waals surface area contributed by atoms with Gasteiger partial charge in [0.15, 0.2) is 5.82 Å². The second-order valence-electron chi connectivity index (χ2n) is 4.57. The van der Waals surface area contributed by atoms with E-state index < -0.39 is 5.97 Å². The van der Waals surface area contributed by atoms with Crippen LogP contribution < -0.4 is 5.73 Å². The molecule has 0 saturated carbocycles. The van der Waals surface area contributed by atoms with Crippen molar-refractivity contribution in [2.75, 3.05) is 5.73 Å². The minimum Gasteiger partial charge on any atom is -0.477 e. The fraction of sp³-hybridized carbons (Fsp3) is 0.0667. The van der Waals surface area contributed by atoms with E-state index in [-0.39, 0.29) is 11.4 Å². The topological polar surface area (TPSA) is 81.1 Å². The van der Waals surface area contributed by atoms with Crippen molar-refractivity contribution in [2.24, 2.45) is 0 Å². The van der Waals surface area contributed by atoms with Crippen LogP contribution in [0.5, 0.6) is 0 Å². The molecule has 0 spiro atoms. The maximum absolute atomic E-state index is 11.0. The summed E-state index contributed by atoms with van der Waals surface area (Å²) in [5, 5.41) is 15.3. The summed E-state index contributed by atoms with van der Waals surface area (Å²) in [4.78, 5) is 11.0. The van der Waals surface area contributed by atoms with Gasteiger partial charge in [-0.25, -0.2) is 4.79 Å². The second kappa shape index (κ2) is 4.70. The Bertz CT molecular complexity index is 787. The van der Waals surface area contributed by atoms with Crippen molar-refractivity contribution in [1.29, 1.82) is 0 Å². The summed E-state index contributed by atoms with van der Waals surface area (Å²) < 4.78 is 1.56. The molecular weight excluding hydrogens is 254 g/mol. The summed E-state index contributed by atoms with van der Waals surface area (Å²) in [5.74, 6) is -1.02. The molecule has 0 atom stereocenters. The van der Waals surface area contributed by atoms with Crippen molar-refractivity contribution < 1.29 is 9.90 Å². The van der Waals surface area contributed by atoms with Crippen LogP contribution in [0.3, 0.4) is 0 Å². The number of rotatable bonds is 3. The van der Waals surface area contributed by atoms with Crippen LogP contribution in [-0.2, 0) is 6.54 Å². The summed E-state index contributed by atoms with van der Waals surface area (Å²) in [5.41, 5.74) is 6.70. The summed E-state index contributed by atoms with van der Waals surface area (Å²) >= 11 is 0. The van der Waals surface area contributed by atoms with E-state index in [1.54, 1.807) is 4.68 Å². The number of carboxylic acid groups (broad SMARTS) is 1. The fourth-order valence-electron chi connectivity index (χ4n) is 2.29. The van der Waals surface area contributed by atoms with Crippen LogP contribution in [0, 0.1) is 0 Å². The number of nitrogens with two attached hydrogens (primary N) is 1. The van der Waals surface area contributed by atoms with Gasteiger partial charge in [0.2, 0.25) is 0 Å². The molecule has 1 aromatic heterocycles. The van der Waals surface area contributed by atoms with E-state index in [0.717, 1.165) is 16.3 Å². The van der Waals surface area contributed by atoms with E-state index in [4.69, 9.17) is 10.8 Å². The number of carbonyl (C=O) groups is 1. The molecule has 0 aliphatic carbocycles. The maximum Gasteiger partial charge on any atom is 0.341 e. The SMILES string of the molecule is Nc1nn(Cc2cccc3ccccc23)cc1C(=O)O. The average molecular weight is 267 g/mol. The standard InChI is InChI=1S/C15H13N3O2/c16-14-13(15(19)20)9-18(17-14)8-11-6-3-5-10-4-1-2-7-12(10)11/h1-7,9H,8H2,(H2,16,17)(H,19,20). The lowest BCUT2D eigenvalue weighted by Gasteiger charge is -2.06. The molecule has 3 rings (SSSR count). The highest BCUT2D eigenvalue weighted by molar-refractivity contribution is 5.92. The number of nitrogens with zero attached hydrogens (tertiary/aromatic N) is 2. The van der Waals surface area contributed by atoms with E-state index in [1.807, 2.05) is 42.5 Å². The van der Waals surface area contributed by atoms with Crippen molar-refractivity contribution in [2.45, 2.75) is 6.54 Å². The van der Waals surface area contributed by atoms with Crippen molar-refractivity contribution in [3.63, 3.8) is 0 Å². The fourth-order valence-corrected chi connectivity index (χ4v) is 2.29. The van der Waals surface area contributed by atoms with E-state index in [0.29, 0.717) is 6.54 Å². The van der Waals surface area contributed by atoms with E-state index in [2.05, 4.69) is 5.10 Å². The molecule has 1 heterocycles. The highest BCUT2D eigenvalue weighted by atomic mass is 16.4. The van der Waals surface area contributed by atoms with Crippen molar-refractivity contribution in [3.05, 3.63) is 59.8 Å².